The van der Waals surface area contributed by atoms with Gasteiger partial charge in [0.15, 0.2) is 0 Å². The molecule has 0 nitrogen and oxygen atoms in total. The lowest BCUT2D eigenvalue weighted by Crippen LogP contribution is -1.82. The highest BCUT2D eigenvalue weighted by molar-refractivity contribution is 7.98. The molecule has 0 N–H and O–H groups in total. The Morgan fingerprint density at radius 1 is 1.07 bits per heavy atom. The van der Waals surface area contributed by atoms with Gasteiger partial charge in [-0.3, -0.25) is 0 Å². The van der Waals surface area contributed by atoms with Crippen LogP contribution in [0.4, 0.5) is 0 Å². The maximum atomic E-state index is 2.22. The highest BCUT2D eigenvalue weighted by Gasteiger charge is 1.91. The molecule has 14 heavy (non-hydrogen) atoms. The smallest absolute Gasteiger partial charge is 0.0184 e. The van der Waals surface area contributed by atoms with Crippen molar-refractivity contribution in [2.24, 2.45) is 0 Å². The van der Waals surface area contributed by atoms with E-state index in [0.29, 0.717) is 0 Å². The first kappa shape index (κ1) is 13.6. The van der Waals surface area contributed by atoms with Crippen molar-refractivity contribution < 1.29 is 0 Å². The molecule has 1 rings (SSSR count). The fourth-order valence-electron chi connectivity index (χ4n) is 1.02. The lowest BCUT2D eigenvalue weighted by molar-refractivity contribution is 1.10. The Hall–Kier alpha value is -0.430. The Labute approximate surface area is 93.1 Å². The molecule has 0 unspecified atom stereocenters. The summed E-state index contributed by atoms with van der Waals surface area (Å²) in [5.41, 5.74) is 2.79. The fourth-order valence-corrected chi connectivity index (χ4v) is 1.88. The molecule has 1 aromatic carbocycles. The zero-order valence-electron chi connectivity index (χ0n) is 9.84. The Kier molecular flexibility index (Phi) is 8.86. The molecule has 80 valence electrons. The van der Waals surface area contributed by atoms with Crippen molar-refractivity contribution >= 4 is 11.8 Å². The van der Waals surface area contributed by atoms with Gasteiger partial charge in [0.25, 0.3) is 0 Å². The second kappa shape index (κ2) is 9.14. The molecule has 0 radical (unpaired) electrons. The average Bonchev–Trinajstić information content (AvgIpc) is 2.24. The van der Waals surface area contributed by atoms with Crippen LogP contribution in [0.15, 0.2) is 24.3 Å². The lowest BCUT2D eigenvalue weighted by Gasteiger charge is -2.00. The van der Waals surface area contributed by atoms with Crippen molar-refractivity contribution in [3.63, 3.8) is 0 Å². The Balaban J connectivity index is 0.000000791. The van der Waals surface area contributed by atoms with Gasteiger partial charge in [0.1, 0.15) is 0 Å². The van der Waals surface area contributed by atoms with Gasteiger partial charge in [-0.1, -0.05) is 50.6 Å². The van der Waals surface area contributed by atoms with Crippen LogP contribution in [0.3, 0.4) is 0 Å². The summed E-state index contributed by atoms with van der Waals surface area (Å²) >= 11 is 2.01. The number of rotatable bonds is 4. The number of hydrogen-bond donors (Lipinski definition) is 0. The molecule has 0 saturated carbocycles. The molecule has 0 aliphatic rings. The summed E-state index contributed by atoms with van der Waals surface area (Å²) < 4.78 is 0. The number of thioether (sulfide) groups is 1. The molecule has 0 amide bonds. The molecule has 0 bridgehead atoms. The van der Waals surface area contributed by atoms with E-state index in [-0.39, 0.29) is 0 Å². The maximum absolute atomic E-state index is 2.22. The highest BCUT2D eigenvalue weighted by Crippen LogP contribution is 2.13. The summed E-state index contributed by atoms with van der Waals surface area (Å²) in [5, 5.41) is 0. The third-order valence-corrected chi connectivity index (χ3v) is 2.97. The Morgan fingerprint density at radius 2 is 1.64 bits per heavy atom. The van der Waals surface area contributed by atoms with Gasteiger partial charge in [0.05, 0.1) is 0 Å². The summed E-state index contributed by atoms with van der Waals surface area (Å²) in [6, 6.07) is 8.81. The van der Waals surface area contributed by atoms with Gasteiger partial charge in [0.2, 0.25) is 0 Å². The van der Waals surface area contributed by atoms with Gasteiger partial charge in [-0.05, 0) is 24.7 Å². The van der Waals surface area contributed by atoms with E-state index in [2.05, 4.69) is 38.1 Å². The van der Waals surface area contributed by atoms with Gasteiger partial charge in [-0.2, -0.15) is 11.8 Å². The summed E-state index contributed by atoms with van der Waals surface area (Å²) in [4.78, 5) is 0. The van der Waals surface area contributed by atoms with Crippen LogP contribution in [0, 0.1) is 6.92 Å². The van der Waals surface area contributed by atoms with E-state index in [4.69, 9.17) is 0 Å². The molecule has 0 fully saturated rings. The number of hydrogen-bond acceptors (Lipinski definition) is 1. The molecule has 0 aliphatic heterocycles. The van der Waals surface area contributed by atoms with E-state index in [0.717, 1.165) is 5.75 Å². The van der Waals surface area contributed by atoms with Crippen LogP contribution in [0.2, 0.25) is 0 Å². The predicted octanol–water partition coefficient (Wildman–Crippen LogP) is 4.66. The third kappa shape index (κ3) is 6.09. The van der Waals surface area contributed by atoms with Gasteiger partial charge >= 0.3 is 0 Å². The predicted molar refractivity (Wildman–Crippen MR) is 69.0 cm³/mol. The zero-order chi connectivity index (χ0) is 10.8. The second-order valence-corrected chi connectivity index (χ2v) is 4.14. The van der Waals surface area contributed by atoms with Crippen LogP contribution in [0.5, 0.6) is 0 Å². The summed E-state index contributed by atoms with van der Waals surface area (Å²) in [7, 11) is 0. The number of aryl methyl sites for hydroxylation is 1. The average molecular weight is 210 g/mol. The Morgan fingerprint density at radius 3 is 2.14 bits per heavy atom. The van der Waals surface area contributed by atoms with Gasteiger partial charge < -0.3 is 0 Å². The minimum Gasteiger partial charge on any atom is -0.157 e. The normalized spacial score (nSPS) is 9.14. The first-order chi connectivity index (χ1) is 6.83. The summed E-state index contributed by atoms with van der Waals surface area (Å²) in [6.07, 6.45) is 1.27. The molecule has 0 aromatic heterocycles. The van der Waals surface area contributed by atoms with E-state index in [1.54, 1.807) is 0 Å². The minimum absolute atomic E-state index is 1.16. The van der Waals surface area contributed by atoms with E-state index in [1.807, 2.05) is 25.6 Å². The van der Waals surface area contributed by atoms with E-state index in [9.17, 15) is 0 Å². The van der Waals surface area contributed by atoms with Crippen LogP contribution in [0.1, 0.15) is 38.3 Å². The zero-order valence-corrected chi connectivity index (χ0v) is 10.7. The SMILES string of the molecule is CC.CCCSCc1ccc(C)cc1. The van der Waals surface area contributed by atoms with E-state index in [1.165, 1.54) is 23.3 Å². The monoisotopic (exact) mass is 210 g/mol. The minimum atomic E-state index is 1.16. The summed E-state index contributed by atoms with van der Waals surface area (Å²) in [6.45, 7) is 8.35. The lowest BCUT2D eigenvalue weighted by atomic mass is 10.2. The largest absolute Gasteiger partial charge is 0.157 e. The highest BCUT2D eigenvalue weighted by atomic mass is 32.2. The van der Waals surface area contributed by atoms with Crippen molar-refractivity contribution in [3.8, 4) is 0 Å². The molecular weight excluding hydrogens is 188 g/mol. The molecule has 0 saturated heterocycles. The van der Waals surface area contributed by atoms with Crippen LogP contribution in [-0.4, -0.2) is 5.75 Å². The molecule has 0 atom stereocenters. The molecule has 1 aromatic rings. The molecule has 0 aliphatic carbocycles. The number of benzene rings is 1. The first-order valence-electron chi connectivity index (χ1n) is 5.46. The van der Waals surface area contributed by atoms with Crippen LogP contribution < -0.4 is 0 Å². The third-order valence-electron chi connectivity index (χ3n) is 1.74. The fraction of sp³-hybridized carbons (Fsp3) is 0.538. The van der Waals surface area contributed by atoms with E-state index < -0.39 is 0 Å². The second-order valence-electron chi connectivity index (χ2n) is 3.04. The van der Waals surface area contributed by atoms with Crippen LogP contribution in [-0.2, 0) is 5.75 Å². The molecular formula is C13H22S. The Bertz CT molecular complexity index is 213. The van der Waals surface area contributed by atoms with Gasteiger partial charge in [-0.15, -0.1) is 0 Å². The quantitative estimate of drug-likeness (QED) is 0.651. The topological polar surface area (TPSA) is 0 Å². The van der Waals surface area contributed by atoms with Crippen molar-refractivity contribution in [2.45, 2.75) is 39.9 Å². The maximum Gasteiger partial charge on any atom is 0.0184 e. The first-order valence-corrected chi connectivity index (χ1v) is 6.61. The summed E-state index contributed by atoms with van der Waals surface area (Å²) in [5.74, 6) is 2.43. The molecule has 0 spiro atoms. The van der Waals surface area contributed by atoms with Crippen molar-refractivity contribution in [1.29, 1.82) is 0 Å². The van der Waals surface area contributed by atoms with Crippen LogP contribution >= 0.6 is 11.8 Å². The van der Waals surface area contributed by atoms with Crippen LogP contribution in [0.25, 0.3) is 0 Å². The van der Waals surface area contributed by atoms with Crippen molar-refractivity contribution in [1.82, 2.24) is 0 Å². The molecule has 0 heterocycles. The van der Waals surface area contributed by atoms with Crippen molar-refractivity contribution in [3.05, 3.63) is 35.4 Å². The molecule has 1 heteroatoms. The standard InChI is InChI=1S/C11H16S.C2H6/c1-3-8-12-9-11-6-4-10(2)5-7-11;1-2/h4-7H,3,8-9H2,1-2H3;1-2H3. The van der Waals surface area contributed by atoms with E-state index >= 15 is 0 Å². The van der Waals surface area contributed by atoms with Gasteiger partial charge in [-0.25, -0.2) is 0 Å². The van der Waals surface area contributed by atoms with Gasteiger partial charge in [0, 0.05) is 5.75 Å². The van der Waals surface area contributed by atoms with Crippen molar-refractivity contribution in [2.75, 3.05) is 5.75 Å².